The average molecular weight is 563 g/mol. The fourth-order valence-electron chi connectivity index (χ4n) is 6.87. The first kappa shape index (κ1) is 26.0. The second-order valence-corrected chi connectivity index (χ2v) is 11.2. The molecule has 7 aromatic carbocycles. The Labute approximate surface area is 256 Å². The van der Waals surface area contributed by atoms with E-state index in [1.54, 1.807) is 6.08 Å². The smallest absolute Gasteiger partial charge is 0.143 e. The SMILES string of the molecule is C=C/C=C\C(=C/C)c1cccc2c1oc1cc(-c3c4ccccc4c(-c4cccc5ccccc45)c4ccccc34)ccc12. The minimum Gasteiger partial charge on any atom is -0.455 e. The van der Waals surface area contributed by atoms with Crippen LogP contribution in [0.4, 0.5) is 0 Å². The summed E-state index contributed by atoms with van der Waals surface area (Å²) in [5.41, 5.74) is 8.89. The first-order valence-electron chi connectivity index (χ1n) is 15.1. The Kier molecular flexibility index (Phi) is 6.24. The van der Waals surface area contributed by atoms with Gasteiger partial charge >= 0.3 is 0 Å². The molecular formula is C43H30O. The van der Waals surface area contributed by atoms with Crippen molar-refractivity contribution in [3.8, 4) is 22.3 Å². The van der Waals surface area contributed by atoms with E-state index in [9.17, 15) is 0 Å². The molecule has 0 spiro atoms. The fraction of sp³-hybridized carbons (Fsp3) is 0.0233. The van der Waals surface area contributed by atoms with Gasteiger partial charge in [-0.3, -0.25) is 0 Å². The van der Waals surface area contributed by atoms with E-state index in [4.69, 9.17) is 4.42 Å². The maximum atomic E-state index is 6.67. The van der Waals surface area contributed by atoms with Crippen LogP contribution in [0, 0.1) is 0 Å². The van der Waals surface area contributed by atoms with Gasteiger partial charge in [-0.2, -0.15) is 0 Å². The lowest BCUT2D eigenvalue weighted by molar-refractivity contribution is 0.668. The van der Waals surface area contributed by atoms with Crippen molar-refractivity contribution in [2.75, 3.05) is 0 Å². The van der Waals surface area contributed by atoms with E-state index in [0.29, 0.717) is 0 Å². The summed E-state index contributed by atoms with van der Waals surface area (Å²) < 4.78 is 6.67. The second kappa shape index (κ2) is 10.6. The zero-order chi connectivity index (χ0) is 29.6. The zero-order valence-electron chi connectivity index (χ0n) is 24.5. The van der Waals surface area contributed by atoms with Crippen molar-refractivity contribution in [2.24, 2.45) is 0 Å². The van der Waals surface area contributed by atoms with Crippen LogP contribution in [0.2, 0.25) is 0 Å². The number of furan rings is 1. The van der Waals surface area contributed by atoms with Crippen molar-refractivity contribution in [1.29, 1.82) is 0 Å². The number of hydrogen-bond donors (Lipinski definition) is 0. The molecule has 1 heteroatoms. The van der Waals surface area contributed by atoms with Crippen molar-refractivity contribution >= 4 is 59.8 Å². The lowest BCUT2D eigenvalue weighted by atomic mass is 9.84. The lowest BCUT2D eigenvalue weighted by Crippen LogP contribution is -1.91. The number of fused-ring (bicyclic) bond motifs is 6. The molecule has 0 aliphatic rings. The first-order valence-corrected chi connectivity index (χ1v) is 15.1. The van der Waals surface area contributed by atoms with Gasteiger partial charge in [0.05, 0.1) is 0 Å². The van der Waals surface area contributed by atoms with Crippen LogP contribution in [-0.4, -0.2) is 0 Å². The minimum absolute atomic E-state index is 0.888. The highest BCUT2D eigenvalue weighted by atomic mass is 16.3. The Morgan fingerprint density at radius 3 is 1.91 bits per heavy atom. The van der Waals surface area contributed by atoms with Gasteiger partial charge in [0.1, 0.15) is 11.2 Å². The molecule has 0 saturated heterocycles. The average Bonchev–Trinajstić information content (AvgIpc) is 3.46. The van der Waals surface area contributed by atoms with Gasteiger partial charge in [0.2, 0.25) is 0 Å². The van der Waals surface area contributed by atoms with Crippen molar-refractivity contribution in [2.45, 2.75) is 6.92 Å². The van der Waals surface area contributed by atoms with Gasteiger partial charge in [0.25, 0.3) is 0 Å². The molecule has 0 atom stereocenters. The molecule has 0 aliphatic carbocycles. The van der Waals surface area contributed by atoms with Crippen LogP contribution in [-0.2, 0) is 0 Å². The fourth-order valence-corrected chi connectivity index (χ4v) is 6.87. The topological polar surface area (TPSA) is 13.1 Å². The van der Waals surface area contributed by atoms with E-state index in [0.717, 1.165) is 38.6 Å². The van der Waals surface area contributed by atoms with Crippen molar-refractivity contribution in [3.63, 3.8) is 0 Å². The van der Waals surface area contributed by atoms with Crippen LogP contribution in [0.3, 0.4) is 0 Å². The maximum Gasteiger partial charge on any atom is 0.143 e. The highest BCUT2D eigenvalue weighted by molar-refractivity contribution is 6.24. The lowest BCUT2D eigenvalue weighted by Gasteiger charge is -2.18. The van der Waals surface area contributed by atoms with Gasteiger partial charge in [0, 0.05) is 16.3 Å². The summed E-state index contributed by atoms with van der Waals surface area (Å²) in [6.45, 7) is 5.89. The van der Waals surface area contributed by atoms with Crippen LogP contribution in [0.5, 0.6) is 0 Å². The Balaban J connectivity index is 1.42. The molecule has 0 radical (unpaired) electrons. The molecule has 1 heterocycles. The molecule has 208 valence electrons. The number of para-hydroxylation sites is 1. The zero-order valence-corrected chi connectivity index (χ0v) is 24.5. The Hall–Kier alpha value is -5.66. The molecule has 0 amide bonds. The normalized spacial score (nSPS) is 12.3. The Morgan fingerprint density at radius 1 is 0.591 bits per heavy atom. The van der Waals surface area contributed by atoms with Gasteiger partial charge in [-0.1, -0.05) is 146 Å². The van der Waals surface area contributed by atoms with Gasteiger partial charge in [0.15, 0.2) is 0 Å². The van der Waals surface area contributed by atoms with Crippen LogP contribution < -0.4 is 0 Å². The van der Waals surface area contributed by atoms with E-state index >= 15 is 0 Å². The van der Waals surface area contributed by atoms with E-state index in [-0.39, 0.29) is 0 Å². The molecule has 0 saturated carbocycles. The predicted molar refractivity (Wildman–Crippen MR) is 190 cm³/mol. The van der Waals surface area contributed by atoms with E-state index in [2.05, 4.69) is 153 Å². The van der Waals surface area contributed by atoms with Crippen LogP contribution >= 0.6 is 0 Å². The third-order valence-electron chi connectivity index (χ3n) is 8.81. The molecule has 0 unspecified atom stereocenters. The third-order valence-corrected chi connectivity index (χ3v) is 8.81. The van der Waals surface area contributed by atoms with Crippen LogP contribution in [0.15, 0.2) is 163 Å². The molecule has 8 rings (SSSR count). The predicted octanol–water partition coefficient (Wildman–Crippen LogP) is 12.5. The number of allylic oxidation sites excluding steroid dienone is 5. The summed E-state index contributed by atoms with van der Waals surface area (Å²) in [5.74, 6) is 0. The summed E-state index contributed by atoms with van der Waals surface area (Å²) in [5, 5.41) is 9.71. The summed E-state index contributed by atoms with van der Waals surface area (Å²) in [6, 6.07) is 46.0. The van der Waals surface area contributed by atoms with Crippen LogP contribution in [0.1, 0.15) is 12.5 Å². The van der Waals surface area contributed by atoms with Crippen molar-refractivity contribution in [3.05, 3.63) is 164 Å². The van der Waals surface area contributed by atoms with Gasteiger partial charge in [-0.05, 0) is 79.2 Å². The maximum absolute atomic E-state index is 6.67. The minimum atomic E-state index is 0.888. The molecule has 8 aromatic rings. The summed E-state index contributed by atoms with van der Waals surface area (Å²) in [7, 11) is 0. The number of rotatable bonds is 5. The van der Waals surface area contributed by atoms with Gasteiger partial charge in [-0.15, -0.1) is 0 Å². The monoisotopic (exact) mass is 562 g/mol. The third kappa shape index (κ3) is 4.01. The molecule has 0 bridgehead atoms. The van der Waals surface area contributed by atoms with Crippen molar-refractivity contribution in [1.82, 2.24) is 0 Å². The van der Waals surface area contributed by atoms with E-state index in [1.807, 2.05) is 6.08 Å². The van der Waals surface area contributed by atoms with Gasteiger partial charge < -0.3 is 4.42 Å². The first-order chi connectivity index (χ1) is 21.8. The number of benzene rings is 7. The molecule has 0 aliphatic heterocycles. The second-order valence-electron chi connectivity index (χ2n) is 11.2. The summed E-state index contributed by atoms with van der Waals surface area (Å²) >= 11 is 0. The Bertz CT molecular complexity index is 2400. The van der Waals surface area contributed by atoms with Crippen molar-refractivity contribution < 1.29 is 4.42 Å². The Morgan fingerprint density at radius 2 is 1.20 bits per heavy atom. The standard InChI is InChI=1S/C43H30O/c1-3-5-14-28(4-2)32-22-13-24-39-33-26-25-30(27-40(33)44-43(32)39)41-35-18-8-10-20-37(35)42(38-21-11-9-19-36(38)41)34-23-12-16-29-15-6-7-17-31(29)34/h3-27H,1H2,2H3/b14-5-,28-4+. The van der Waals surface area contributed by atoms with Gasteiger partial charge in [-0.25, -0.2) is 0 Å². The molecular weight excluding hydrogens is 532 g/mol. The highest BCUT2D eigenvalue weighted by Gasteiger charge is 2.19. The largest absolute Gasteiger partial charge is 0.455 e. The molecule has 0 fully saturated rings. The quantitative estimate of drug-likeness (QED) is 0.150. The summed E-state index contributed by atoms with van der Waals surface area (Å²) in [4.78, 5) is 0. The highest BCUT2D eigenvalue weighted by Crippen LogP contribution is 2.46. The molecule has 0 N–H and O–H groups in total. The molecule has 44 heavy (non-hydrogen) atoms. The summed E-state index contributed by atoms with van der Waals surface area (Å²) in [6.07, 6.45) is 7.96. The number of hydrogen-bond acceptors (Lipinski definition) is 1. The van der Waals surface area contributed by atoms with Crippen LogP contribution in [0.25, 0.3) is 82.1 Å². The van der Waals surface area contributed by atoms with E-state index < -0.39 is 0 Å². The molecule has 1 aromatic heterocycles. The van der Waals surface area contributed by atoms with E-state index in [1.165, 1.54) is 49.0 Å². The molecule has 1 nitrogen and oxygen atoms in total.